The van der Waals surface area contributed by atoms with E-state index in [0.717, 1.165) is 0 Å². The minimum Gasteiger partial charge on any atom is -0.327 e. The molecule has 12 heavy (non-hydrogen) atoms. The Labute approximate surface area is 78.7 Å². The van der Waals surface area contributed by atoms with Gasteiger partial charge in [0.1, 0.15) is 16.5 Å². The van der Waals surface area contributed by atoms with Crippen LogP contribution in [0.25, 0.3) is 0 Å². The standard InChI is InChI=1S/C8H22N2Si2/c1-9-7-12(5,6)10(2)8-11(9,3)4/h7-8H2,1-6H3. The van der Waals surface area contributed by atoms with E-state index in [1.54, 1.807) is 0 Å². The van der Waals surface area contributed by atoms with Crippen LogP contribution in [0.5, 0.6) is 0 Å². The first-order valence-electron chi connectivity index (χ1n) is 4.68. The average molecular weight is 202 g/mol. The summed E-state index contributed by atoms with van der Waals surface area (Å²) in [5.41, 5.74) is 0. The Balaban J connectivity index is 2.76. The van der Waals surface area contributed by atoms with E-state index in [1.807, 2.05) is 0 Å². The topological polar surface area (TPSA) is 6.48 Å². The molecule has 0 atom stereocenters. The molecule has 0 radical (unpaired) electrons. The first-order chi connectivity index (χ1) is 5.26. The minimum atomic E-state index is -1.05. The lowest BCUT2D eigenvalue weighted by Crippen LogP contribution is -2.70. The summed E-state index contributed by atoms with van der Waals surface area (Å²) in [6.07, 6.45) is 2.70. The summed E-state index contributed by atoms with van der Waals surface area (Å²) < 4.78 is 5.30. The highest BCUT2D eigenvalue weighted by molar-refractivity contribution is 6.83. The molecule has 0 aromatic carbocycles. The number of hydrogen-bond acceptors (Lipinski definition) is 2. The van der Waals surface area contributed by atoms with Crippen molar-refractivity contribution in [2.45, 2.75) is 26.2 Å². The molecule has 0 unspecified atom stereocenters. The quantitative estimate of drug-likeness (QED) is 0.547. The zero-order chi connectivity index (χ0) is 9.57. The Morgan fingerprint density at radius 3 is 1.25 bits per heavy atom. The van der Waals surface area contributed by atoms with Crippen LogP contribution in [0.1, 0.15) is 0 Å². The second kappa shape index (κ2) is 2.94. The van der Waals surface area contributed by atoms with Gasteiger partial charge >= 0.3 is 0 Å². The molecule has 0 aromatic rings. The predicted octanol–water partition coefficient (Wildman–Crippen LogP) is 1.35. The van der Waals surface area contributed by atoms with Gasteiger partial charge in [-0.15, -0.1) is 0 Å². The van der Waals surface area contributed by atoms with Crippen molar-refractivity contribution in [1.29, 1.82) is 0 Å². The lowest BCUT2D eigenvalue weighted by atomic mass is 11.2. The average Bonchev–Trinajstić information content (AvgIpc) is 1.82. The normalized spacial score (nSPS) is 30.5. The molecule has 1 aliphatic heterocycles. The van der Waals surface area contributed by atoms with E-state index in [9.17, 15) is 0 Å². The van der Waals surface area contributed by atoms with Gasteiger partial charge in [0.25, 0.3) is 0 Å². The number of nitrogens with zero attached hydrogens (tertiary/aromatic N) is 2. The van der Waals surface area contributed by atoms with Crippen molar-refractivity contribution in [2.24, 2.45) is 0 Å². The molecule has 0 aliphatic carbocycles. The number of hydrogen-bond donors (Lipinski definition) is 0. The van der Waals surface area contributed by atoms with Crippen molar-refractivity contribution in [1.82, 2.24) is 9.13 Å². The summed E-state index contributed by atoms with van der Waals surface area (Å²) in [6, 6.07) is 0. The third-order valence-corrected chi connectivity index (χ3v) is 10.9. The molecule has 1 fully saturated rings. The molecular weight excluding hydrogens is 180 g/mol. The monoisotopic (exact) mass is 202 g/mol. The zero-order valence-corrected chi connectivity index (χ0v) is 11.3. The molecule has 72 valence electrons. The largest absolute Gasteiger partial charge is 0.327 e. The molecule has 0 N–H and O–H groups in total. The molecule has 0 saturated carbocycles. The first kappa shape index (κ1) is 10.4. The molecule has 0 amide bonds. The maximum atomic E-state index is 2.65. The summed E-state index contributed by atoms with van der Waals surface area (Å²) >= 11 is 0. The van der Waals surface area contributed by atoms with Crippen molar-refractivity contribution in [2.75, 3.05) is 26.4 Å². The lowest BCUT2D eigenvalue weighted by Gasteiger charge is -2.50. The van der Waals surface area contributed by atoms with Crippen LogP contribution in [-0.2, 0) is 0 Å². The molecule has 2 nitrogen and oxygen atoms in total. The van der Waals surface area contributed by atoms with Gasteiger partial charge in [-0.25, -0.2) is 0 Å². The fourth-order valence-electron chi connectivity index (χ4n) is 1.83. The van der Waals surface area contributed by atoms with E-state index in [1.165, 1.54) is 12.3 Å². The van der Waals surface area contributed by atoms with Gasteiger partial charge in [-0.05, 0) is 26.4 Å². The minimum absolute atomic E-state index is 1.05. The molecule has 0 spiro atoms. The van der Waals surface area contributed by atoms with Gasteiger partial charge in [-0.1, -0.05) is 26.2 Å². The third-order valence-electron chi connectivity index (χ3n) is 3.31. The van der Waals surface area contributed by atoms with Crippen molar-refractivity contribution in [3.05, 3.63) is 0 Å². The molecule has 1 saturated heterocycles. The molecule has 0 bridgehead atoms. The van der Waals surface area contributed by atoms with E-state index >= 15 is 0 Å². The molecule has 0 aromatic heterocycles. The summed E-state index contributed by atoms with van der Waals surface area (Å²) in [5, 5.41) is 0. The Morgan fingerprint density at radius 1 is 0.750 bits per heavy atom. The SMILES string of the molecule is CN1C[Si](C)(C)N(C)C[Si]1(C)C. The van der Waals surface area contributed by atoms with Gasteiger partial charge in [-0.2, -0.15) is 0 Å². The van der Waals surface area contributed by atoms with E-state index in [4.69, 9.17) is 0 Å². The van der Waals surface area contributed by atoms with Gasteiger partial charge in [-0.3, -0.25) is 0 Å². The Hall–Kier alpha value is 0.354. The van der Waals surface area contributed by atoms with Crippen LogP contribution in [0.15, 0.2) is 0 Å². The Kier molecular flexibility index (Phi) is 2.55. The fraction of sp³-hybridized carbons (Fsp3) is 1.00. The molecule has 4 heteroatoms. The van der Waals surface area contributed by atoms with Gasteiger partial charge in [0.2, 0.25) is 0 Å². The molecule has 1 rings (SSSR count). The smallest absolute Gasteiger partial charge is 0.135 e. The van der Waals surface area contributed by atoms with Crippen LogP contribution in [0, 0.1) is 0 Å². The van der Waals surface area contributed by atoms with Crippen molar-refractivity contribution >= 4 is 16.5 Å². The second-order valence-corrected chi connectivity index (χ2v) is 14.7. The number of rotatable bonds is 0. The maximum absolute atomic E-state index is 2.65. The third kappa shape index (κ3) is 1.81. The summed E-state index contributed by atoms with van der Waals surface area (Å²) in [4.78, 5) is 0. The van der Waals surface area contributed by atoms with Gasteiger partial charge < -0.3 is 9.13 Å². The van der Waals surface area contributed by atoms with E-state index in [0.29, 0.717) is 0 Å². The van der Waals surface area contributed by atoms with Crippen LogP contribution in [0.3, 0.4) is 0 Å². The Bertz CT molecular complexity index is 160. The van der Waals surface area contributed by atoms with Crippen LogP contribution >= 0.6 is 0 Å². The van der Waals surface area contributed by atoms with Crippen molar-refractivity contribution in [3.63, 3.8) is 0 Å². The zero-order valence-electron chi connectivity index (χ0n) is 9.31. The van der Waals surface area contributed by atoms with Gasteiger partial charge in [0, 0.05) is 0 Å². The van der Waals surface area contributed by atoms with Crippen LogP contribution in [0.2, 0.25) is 26.2 Å². The molecule has 1 heterocycles. The summed E-state index contributed by atoms with van der Waals surface area (Å²) in [6.45, 7) is 9.86. The summed E-state index contributed by atoms with van der Waals surface area (Å²) in [7, 11) is 2.52. The van der Waals surface area contributed by atoms with Crippen LogP contribution < -0.4 is 0 Å². The summed E-state index contributed by atoms with van der Waals surface area (Å²) in [5.74, 6) is 0. The van der Waals surface area contributed by atoms with E-state index < -0.39 is 16.5 Å². The van der Waals surface area contributed by atoms with Gasteiger partial charge in [0.15, 0.2) is 0 Å². The van der Waals surface area contributed by atoms with Crippen LogP contribution in [0.4, 0.5) is 0 Å². The second-order valence-electron chi connectivity index (χ2n) is 5.34. The highest BCUT2D eigenvalue weighted by Gasteiger charge is 2.42. The van der Waals surface area contributed by atoms with E-state index in [-0.39, 0.29) is 0 Å². The predicted molar refractivity (Wildman–Crippen MR) is 60.2 cm³/mol. The Morgan fingerprint density at radius 2 is 1.00 bits per heavy atom. The lowest BCUT2D eigenvalue weighted by molar-refractivity contribution is 0.453. The van der Waals surface area contributed by atoms with Crippen molar-refractivity contribution < 1.29 is 0 Å². The molecule has 1 aliphatic rings. The van der Waals surface area contributed by atoms with Crippen LogP contribution in [-0.4, -0.2) is 52.0 Å². The van der Waals surface area contributed by atoms with Crippen molar-refractivity contribution in [3.8, 4) is 0 Å². The molecular formula is C8H22N2Si2. The first-order valence-corrected chi connectivity index (χ1v) is 11.0. The highest BCUT2D eigenvalue weighted by Crippen LogP contribution is 2.22. The van der Waals surface area contributed by atoms with Gasteiger partial charge in [0.05, 0.1) is 0 Å². The van der Waals surface area contributed by atoms with E-state index in [2.05, 4.69) is 49.4 Å². The highest BCUT2D eigenvalue weighted by atomic mass is 28.4. The fourth-order valence-corrected chi connectivity index (χ4v) is 10.4. The maximum Gasteiger partial charge on any atom is 0.135 e.